The average molecular weight is 877 g/mol. The van der Waals surface area contributed by atoms with Crippen LogP contribution < -0.4 is 0 Å². The van der Waals surface area contributed by atoms with Crippen LogP contribution in [0, 0.1) is 5.92 Å². The van der Waals surface area contributed by atoms with Crippen molar-refractivity contribution in [3.63, 3.8) is 0 Å². The SMILES string of the molecule is CCCCCCCCCCCCCCCCC(=O)OC[C@@H](COC(=O)CCCCCCCCCCCCCCCC(C)C)OC(=O)CCCCCCCCCCCCCCCC. The van der Waals surface area contributed by atoms with Gasteiger partial charge in [0.1, 0.15) is 13.2 Å². The van der Waals surface area contributed by atoms with E-state index in [2.05, 4.69) is 27.7 Å². The highest BCUT2D eigenvalue weighted by molar-refractivity contribution is 5.71. The highest BCUT2D eigenvalue weighted by Crippen LogP contribution is 2.18. The van der Waals surface area contributed by atoms with Crippen molar-refractivity contribution < 1.29 is 28.6 Å². The van der Waals surface area contributed by atoms with Crippen molar-refractivity contribution >= 4 is 17.9 Å². The third-order valence-corrected chi connectivity index (χ3v) is 12.8. The Morgan fingerprint density at radius 1 is 0.306 bits per heavy atom. The number of hydrogen-bond donors (Lipinski definition) is 0. The monoisotopic (exact) mass is 877 g/mol. The standard InChI is InChI=1S/C56H108O6/c1-5-7-9-11-13-15-17-19-23-27-31-35-39-43-47-54(57)60-50-53(62-56(59)49-45-41-37-33-29-24-20-18-16-14-12-10-8-6-2)51-61-55(58)48-44-40-36-32-28-25-21-22-26-30-34-38-42-46-52(3)4/h52-53H,5-51H2,1-4H3/t53-/m0/s1. The molecule has 0 spiro atoms. The minimum Gasteiger partial charge on any atom is -0.462 e. The number of hydrogen-bond acceptors (Lipinski definition) is 6. The van der Waals surface area contributed by atoms with Gasteiger partial charge < -0.3 is 14.2 Å². The lowest BCUT2D eigenvalue weighted by Crippen LogP contribution is -2.30. The van der Waals surface area contributed by atoms with E-state index in [9.17, 15) is 14.4 Å². The fourth-order valence-electron chi connectivity index (χ4n) is 8.57. The van der Waals surface area contributed by atoms with E-state index in [1.54, 1.807) is 0 Å². The van der Waals surface area contributed by atoms with Crippen molar-refractivity contribution in [1.82, 2.24) is 0 Å². The summed E-state index contributed by atoms with van der Waals surface area (Å²) in [5.41, 5.74) is 0. The quantitative estimate of drug-likeness (QED) is 0.0344. The smallest absolute Gasteiger partial charge is 0.306 e. The van der Waals surface area contributed by atoms with Gasteiger partial charge in [-0.05, 0) is 25.2 Å². The Hall–Kier alpha value is -1.59. The highest BCUT2D eigenvalue weighted by atomic mass is 16.6. The van der Waals surface area contributed by atoms with Crippen LogP contribution in [0.25, 0.3) is 0 Å². The molecule has 0 heterocycles. The lowest BCUT2D eigenvalue weighted by atomic mass is 10.0. The zero-order chi connectivity index (χ0) is 45.2. The van der Waals surface area contributed by atoms with Gasteiger partial charge in [0.2, 0.25) is 0 Å². The van der Waals surface area contributed by atoms with Crippen molar-refractivity contribution in [1.29, 1.82) is 0 Å². The molecule has 0 bridgehead atoms. The highest BCUT2D eigenvalue weighted by Gasteiger charge is 2.19. The predicted molar refractivity (Wildman–Crippen MR) is 266 cm³/mol. The molecular weight excluding hydrogens is 769 g/mol. The molecule has 0 amide bonds. The third kappa shape index (κ3) is 49.4. The van der Waals surface area contributed by atoms with Gasteiger partial charge in [0.05, 0.1) is 0 Å². The lowest BCUT2D eigenvalue weighted by molar-refractivity contribution is -0.167. The molecule has 0 radical (unpaired) electrons. The zero-order valence-corrected chi connectivity index (χ0v) is 42.3. The van der Waals surface area contributed by atoms with Crippen LogP contribution >= 0.6 is 0 Å². The second-order valence-corrected chi connectivity index (χ2v) is 19.7. The van der Waals surface area contributed by atoms with Gasteiger partial charge in [0.15, 0.2) is 6.10 Å². The fourth-order valence-corrected chi connectivity index (χ4v) is 8.57. The molecule has 0 saturated carbocycles. The van der Waals surface area contributed by atoms with Gasteiger partial charge >= 0.3 is 17.9 Å². The molecule has 0 aromatic heterocycles. The Balaban J connectivity index is 4.30. The first-order valence-corrected chi connectivity index (χ1v) is 27.9. The summed E-state index contributed by atoms with van der Waals surface area (Å²) in [7, 11) is 0. The van der Waals surface area contributed by atoms with E-state index in [4.69, 9.17) is 14.2 Å². The summed E-state index contributed by atoms with van der Waals surface area (Å²) >= 11 is 0. The first-order chi connectivity index (χ1) is 30.4. The van der Waals surface area contributed by atoms with E-state index >= 15 is 0 Å². The molecule has 368 valence electrons. The van der Waals surface area contributed by atoms with E-state index in [0.29, 0.717) is 19.3 Å². The van der Waals surface area contributed by atoms with E-state index in [1.165, 1.54) is 212 Å². The number of ether oxygens (including phenoxy) is 3. The van der Waals surface area contributed by atoms with Gasteiger partial charge in [-0.3, -0.25) is 14.4 Å². The molecule has 62 heavy (non-hydrogen) atoms. The van der Waals surface area contributed by atoms with E-state index in [1.807, 2.05) is 0 Å². The Bertz CT molecular complexity index is 933. The predicted octanol–water partition coefficient (Wildman–Crippen LogP) is 18.2. The van der Waals surface area contributed by atoms with Crippen LogP contribution in [-0.2, 0) is 28.6 Å². The zero-order valence-electron chi connectivity index (χ0n) is 42.3. The van der Waals surface area contributed by atoms with Crippen LogP contribution in [0.3, 0.4) is 0 Å². The van der Waals surface area contributed by atoms with Gasteiger partial charge in [-0.25, -0.2) is 0 Å². The largest absolute Gasteiger partial charge is 0.462 e. The summed E-state index contributed by atoms with van der Waals surface area (Å²) in [6.07, 6.45) is 53.7. The molecule has 6 nitrogen and oxygen atoms in total. The number of carbonyl (C=O) groups excluding carboxylic acids is 3. The van der Waals surface area contributed by atoms with Gasteiger partial charge in [0.25, 0.3) is 0 Å². The summed E-state index contributed by atoms with van der Waals surface area (Å²) in [5, 5.41) is 0. The van der Waals surface area contributed by atoms with Gasteiger partial charge in [0, 0.05) is 19.3 Å². The van der Waals surface area contributed by atoms with Crippen LogP contribution in [-0.4, -0.2) is 37.2 Å². The normalized spacial score (nSPS) is 12.0. The topological polar surface area (TPSA) is 78.9 Å². The molecule has 0 aromatic carbocycles. The van der Waals surface area contributed by atoms with Crippen LogP contribution in [0.4, 0.5) is 0 Å². The second kappa shape index (κ2) is 50.4. The minimum absolute atomic E-state index is 0.0620. The summed E-state index contributed by atoms with van der Waals surface area (Å²) in [6, 6.07) is 0. The Morgan fingerprint density at radius 3 is 0.790 bits per heavy atom. The van der Waals surface area contributed by atoms with Crippen molar-refractivity contribution in [2.45, 2.75) is 323 Å². The van der Waals surface area contributed by atoms with Crippen LogP contribution in [0.1, 0.15) is 317 Å². The first kappa shape index (κ1) is 60.4. The molecule has 0 aliphatic heterocycles. The van der Waals surface area contributed by atoms with E-state index in [-0.39, 0.29) is 31.1 Å². The molecule has 6 heteroatoms. The third-order valence-electron chi connectivity index (χ3n) is 12.8. The average Bonchev–Trinajstić information content (AvgIpc) is 3.26. The van der Waals surface area contributed by atoms with Crippen LogP contribution in [0.15, 0.2) is 0 Å². The Kier molecular flexibility index (Phi) is 49.1. The maximum absolute atomic E-state index is 12.8. The van der Waals surface area contributed by atoms with Crippen LogP contribution in [0.2, 0.25) is 0 Å². The van der Waals surface area contributed by atoms with Crippen molar-refractivity contribution in [2.75, 3.05) is 13.2 Å². The molecule has 0 aliphatic carbocycles. The van der Waals surface area contributed by atoms with Gasteiger partial charge in [-0.1, -0.05) is 278 Å². The fraction of sp³-hybridized carbons (Fsp3) is 0.946. The molecule has 0 fully saturated rings. The molecular formula is C56H108O6. The second-order valence-electron chi connectivity index (χ2n) is 19.7. The van der Waals surface area contributed by atoms with Crippen molar-refractivity contribution in [2.24, 2.45) is 5.92 Å². The number of carbonyl (C=O) groups is 3. The first-order valence-electron chi connectivity index (χ1n) is 27.9. The maximum atomic E-state index is 12.8. The Morgan fingerprint density at radius 2 is 0.532 bits per heavy atom. The molecule has 0 rings (SSSR count). The van der Waals surface area contributed by atoms with E-state index in [0.717, 1.165) is 63.7 Å². The number of rotatable bonds is 51. The number of unbranched alkanes of at least 4 members (excludes halogenated alkanes) is 38. The van der Waals surface area contributed by atoms with Crippen LogP contribution in [0.5, 0.6) is 0 Å². The summed E-state index contributed by atoms with van der Waals surface area (Å²) in [5.74, 6) is 0.00233. The van der Waals surface area contributed by atoms with Gasteiger partial charge in [-0.2, -0.15) is 0 Å². The molecule has 0 aliphatic rings. The summed E-state index contributed by atoms with van der Waals surface area (Å²) < 4.78 is 16.9. The Labute approximate surface area is 387 Å². The summed E-state index contributed by atoms with van der Waals surface area (Å²) in [4.78, 5) is 38.1. The molecule has 1 atom stereocenters. The number of esters is 3. The van der Waals surface area contributed by atoms with Gasteiger partial charge in [-0.15, -0.1) is 0 Å². The molecule has 0 N–H and O–H groups in total. The minimum atomic E-state index is -0.761. The summed E-state index contributed by atoms with van der Waals surface area (Å²) in [6.45, 7) is 9.05. The van der Waals surface area contributed by atoms with Crippen molar-refractivity contribution in [3.05, 3.63) is 0 Å². The molecule has 0 unspecified atom stereocenters. The van der Waals surface area contributed by atoms with E-state index < -0.39 is 6.10 Å². The van der Waals surface area contributed by atoms with Crippen molar-refractivity contribution in [3.8, 4) is 0 Å². The maximum Gasteiger partial charge on any atom is 0.306 e. The lowest BCUT2D eigenvalue weighted by Gasteiger charge is -2.18. The molecule has 0 aromatic rings. The molecule has 0 saturated heterocycles.